The van der Waals surface area contributed by atoms with Crippen LogP contribution in [0.1, 0.15) is 22.8 Å². The first-order chi connectivity index (χ1) is 10.1. The van der Waals surface area contributed by atoms with E-state index in [-0.39, 0.29) is 11.8 Å². The average Bonchev–Trinajstić information content (AvgIpc) is 2.49. The minimum absolute atomic E-state index is 0.0687. The van der Waals surface area contributed by atoms with Crippen LogP contribution in [-0.2, 0) is 4.79 Å². The molecule has 6 heteroatoms. The first-order valence-corrected chi connectivity index (χ1v) is 8.18. The predicted octanol–water partition coefficient (Wildman–Crippen LogP) is 1.15. The number of nitrogens with one attached hydrogen (secondary N) is 2. The molecule has 2 N–H and O–H groups in total. The number of nitrogens with zero attached hydrogens (tertiary/aromatic N) is 1. The van der Waals surface area contributed by atoms with Crippen LogP contribution in [0.2, 0.25) is 0 Å². The summed E-state index contributed by atoms with van der Waals surface area (Å²) < 4.78 is 0.952. The third-order valence-corrected chi connectivity index (χ3v) is 5.01. The number of amides is 2. The molecule has 1 unspecified atom stereocenters. The molecule has 114 valence electrons. The van der Waals surface area contributed by atoms with E-state index in [1.54, 1.807) is 4.90 Å². The highest BCUT2D eigenvalue weighted by molar-refractivity contribution is 14.1. The summed E-state index contributed by atoms with van der Waals surface area (Å²) in [4.78, 5) is 26.6. The van der Waals surface area contributed by atoms with Gasteiger partial charge >= 0.3 is 0 Å². The Morgan fingerprint density at radius 1 is 1.48 bits per heavy atom. The van der Waals surface area contributed by atoms with Crippen molar-refractivity contribution in [3.05, 3.63) is 32.9 Å². The van der Waals surface area contributed by atoms with Crippen molar-refractivity contribution in [2.75, 3.05) is 26.2 Å². The normalized spacial score (nSPS) is 18.4. The topological polar surface area (TPSA) is 61.4 Å². The van der Waals surface area contributed by atoms with Gasteiger partial charge in [-0.1, -0.05) is 12.1 Å². The van der Waals surface area contributed by atoms with Gasteiger partial charge in [-0.05, 0) is 48.1 Å². The quantitative estimate of drug-likeness (QED) is 0.748. The van der Waals surface area contributed by atoms with Crippen LogP contribution in [0.4, 0.5) is 0 Å². The van der Waals surface area contributed by atoms with E-state index in [0.717, 1.165) is 9.13 Å². The SMILES string of the molecule is CCNC(=O)C1CNCCN1C(=O)c1cccc(C)c1I. The molecule has 2 amide bonds. The van der Waals surface area contributed by atoms with Gasteiger partial charge in [0, 0.05) is 29.7 Å². The fraction of sp³-hybridized carbons (Fsp3) is 0.467. The highest BCUT2D eigenvalue weighted by atomic mass is 127. The summed E-state index contributed by atoms with van der Waals surface area (Å²) in [5.41, 5.74) is 1.75. The van der Waals surface area contributed by atoms with E-state index in [4.69, 9.17) is 0 Å². The molecule has 0 saturated carbocycles. The number of halogens is 1. The largest absolute Gasteiger partial charge is 0.355 e. The molecule has 0 radical (unpaired) electrons. The Balaban J connectivity index is 2.26. The van der Waals surface area contributed by atoms with Crippen LogP contribution in [0.25, 0.3) is 0 Å². The number of carbonyl (C=O) groups is 2. The summed E-state index contributed by atoms with van der Waals surface area (Å²) in [6.45, 7) is 6.19. The smallest absolute Gasteiger partial charge is 0.255 e. The van der Waals surface area contributed by atoms with Crippen LogP contribution >= 0.6 is 22.6 Å². The van der Waals surface area contributed by atoms with Gasteiger partial charge < -0.3 is 15.5 Å². The Morgan fingerprint density at radius 2 is 2.24 bits per heavy atom. The first-order valence-electron chi connectivity index (χ1n) is 7.10. The molecular weight excluding hydrogens is 381 g/mol. The van der Waals surface area contributed by atoms with Crippen LogP contribution in [-0.4, -0.2) is 48.9 Å². The molecule has 21 heavy (non-hydrogen) atoms. The molecule has 1 fully saturated rings. The van der Waals surface area contributed by atoms with E-state index in [9.17, 15) is 9.59 Å². The second kappa shape index (κ2) is 7.22. The molecule has 1 heterocycles. The molecule has 1 aliphatic heterocycles. The minimum atomic E-state index is -0.442. The number of benzene rings is 1. The standard InChI is InChI=1S/C15H20IN3O2/c1-3-18-14(20)12-9-17-7-8-19(12)15(21)11-6-4-5-10(2)13(11)16/h4-6,12,17H,3,7-9H2,1-2H3,(H,18,20). The zero-order valence-corrected chi connectivity index (χ0v) is 14.4. The van der Waals surface area contributed by atoms with Crippen LogP contribution in [0.5, 0.6) is 0 Å². The first kappa shape index (κ1) is 16.2. The van der Waals surface area contributed by atoms with E-state index < -0.39 is 6.04 Å². The van der Waals surface area contributed by atoms with Crippen LogP contribution in [0.15, 0.2) is 18.2 Å². The van der Waals surface area contributed by atoms with E-state index in [1.807, 2.05) is 32.0 Å². The lowest BCUT2D eigenvalue weighted by atomic mass is 10.1. The fourth-order valence-corrected chi connectivity index (χ4v) is 3.03. The number of carbonyl (C=O) groups excluding carboxylic acids is 2. The summed E-state index contributed by atoms with van der Waals surface area (Å²) in [7, 11) is 0. The van der Waals surface area contributed by atoms with E-state index in [2.05, 4.69) is 33.2 Å². The average molecular weight is 401 g/mol. The second-order valence-electron chi connectivity index (χ2n) is 5.05. The van der Waals surface area contributed by atoms with Gasteiger partial charge in [-0.25, -0.2) is 0 Å². The maximum atomic E-state index is 12.8. The summed E-state index contributed by atoms with van der Waals surface area (Å²) in [6.07, 6.45) is 0. The highest BCUT2D eigenvalue weighted by Gasteiger charge is 2.33. The molecule has 1 saturated heterocycles. The second-order valence-corrected chi connectivity index (χ2v) is 6.13. The summed E-state index contributed by atoms with van der Waals surface area (Å²) in [5.74, 6) is -0.165. The number of piperazine rings is 1. The van der Waals surface area contributed by atoms with Crippen molar-refractivity contribution in [2.24, 2.45) is 0 Å². The summed E-state index contributed by atoms with van der Waals surface area (Å²) in [5, 5.41) is 5.98. The Bertz CT molecular complexity index is 548. The predicted molar refractivity (Wildman–Crippen MR) is 90.3 cm³/mol. The number of hydrogen-bond acceptors (Lipinski definition) is 3. The van der Waals surface area contributed by atoms with E-state index >= 15 is 0 Å². The summed E-state index contributed by atoms with van der Waals surface area (Å²) >= 11 is 2.19. The Labute approximate surface area is 138 Å². The van der Waals surface area contributed by atoms with Gasteiger partial charge in [0.1, 0.15) is 6.04 Å². The lowest BCUT2D eigenvalue weighted by Crippen LogP contribution is -2.59. The Hall–Kier alpha value is -1.15. The van der Waals surface area contributed by atoms with Crippen molar-refractivity contribution < 1.29 is 9.59 Å². The maximum absolute atomic E-state index is 12.8. The molecule has 2 rings (SSSR count). The van der Waals surface area contributed by atoms with Gasteiger partial charge in [0.25, 0.3) is 5.91 Å². The zero-order chi connectivity index (χ0) is 15.4. The molecule has 0 bridgehead atoms. The monoisotopic (exact) mass is 401 g/mol. The third-order valence-electron chi connectivity index (χ3n) is 3.58. The molecule has 1 atom stereocenters. The van der Waals surface area contributed by atoms with Crippen LogP contribution in [0, 0.1) is 10.5 Å². The number of hydrogen-bond donors (Lipinski definition) is 2. The molecule has 1 aromatic carbocycles. The van der Waals surface area contributed by atoms with Crippen molar-refractivity contribution in [1.29, 1.82) is 0 Å². The molecular formula is C15H20IN3O2. The number of likely N-dealkylation sites (N-methyl/N-ethyl adjacent to an activating group) is 1. The van der Waals surface area contributed by atoms with Crippen molar-refractivity contribution in [2.45, 2.75) is 19.9 Å². The molecule has 0 aliphatic carbocycles. The van der Waals surface area contributed by atoms with Gasteiger partial charge in [-0.2, -0.15) is 0 Å². The Morgan fingerprint density at radius 3 is 2.95 bits per heavy atom. The molecule has 1 aliphatic rings. The number of rotatable bonds is 3. The highest BCUT2D eigenvalue weighted by Crippen LogP contribution is 2.20. The molecule has 0 spiro atoms. The van der Waals surface area contributed by atoms with Crippen molar-refractivity contribution in [3.63, 3.8) is 0 Å². The minimum Gasteiger partial charge on any atom is -0.355 e. The van der Waals surface area contributed by atoms with Crippen LogP contribution < -0.4 is 10.6 Å². The van der Waals surface area contributed by atoms with Gasteiger partial charge in [0.05, 0.1) is 5.56 Å². The number of aryl methyl sites for hydroxylation is 1. The zero-order valence-electron chi connectivity index (χ0n) is 12.3. The lowest BCUT2D eigenvalue weighted by Gasteiger charge is -2.35. The van der Waals surface area contributed by atoms with Gasteiger partial charge in [0.2, 0.25) is 5.91 Å². The molecule has 5 nitrogen and oxygen atoms in total. The van der Waals surface area contributed by atoms with Gasteiger partial charge in [0.15, 0.2) is 0 Å². The molecule has 1 aromatic rings. The van der Waals surface area contributed by atoms with Gasteiger partial charge in [-0.3, -0.25) is 9.59 Å². The fourth-order valence-electron chi connectivity index (χ4n) is 2.44. The lowest BCUT2D eigenvalue weighted by molar-refractivity contribution is -0.126. The van der Waals surface area contributed by atoms with Gasteiger partial charge in [-0.15, -0.1) is 0 Å². The maximum Gasteiger partial charge on any atom is 0.255 e. The van der Waals surface area contributed by atoms with Crippen LogP contribution in [0.3, 0.4) is 0 Å². The van der Waals surface area contributed by atoms with Crippen molar-refractivity contribution in [3.8, 4) is 0 Å². The van der Waals surface area contributed by atoms with E-state index in [0.29, 0.717) is 31.7 Å². The van der Waals surface area contributed by atoms with Crippen molar-refractivity contribution >= 4 is 34.4 Å². The Kier molecular flexibility index (Phi) is 5.58. The summed E-state index contributed by atoms with van der Waals surface area (Å²) in [6, 6.07) is 5.25. The third kappa shape index (κ3) is 3.55. The van der Waals surface area contributed by atoms with Crippen molar-refractivity contribution in [1.82, 2.24) is 15.5 Å². The van der Waals surface area contributed by atoms with E-state index in [1.165, 1.54) is 0 Å². The molecule has 0 aromatic heterocycles.